The van der Waals surface area contributed by atoms with E-state index in [0.29, 0.717) is 5.56 Å². The highest BCUT2D eigenvalue weighted by Crippen LogP contribution is 2.26. The molecule has 21 heavy (non-hydrogen) atoms. The van der Waals surface area contributed by atoms with Crippen molar-refractivity contribution >= 4 is 17.6 Å². The summed E-state index contributed by atoms with van der Waals surface area (Å²) in [5, 5.41) is 8.74. The minimum Gasteiger partial charge on any atom is -0.481 e. The van der Waals surface area contributed by atoms with Crippen LogP contribution in [0.3, 0.4) is 0 Å². The summed E-state index contributed by atoms with van der Waals surface area (Å²) < 4.78 is 0. The van der Waals surface area contributed by atoms with Gasteiger partial charge in [0, 0.05) is 32.4 Å². The Morgan fingerprint density at radius 2 is 1.95 bits per heavy atom. The van der Waals surface area contributed by atoms with Gasteiger partial charge in [-0.15, -0.1) is 0 Å². The van der Waals surface area contributed by atoms with Crippen molar-refractivity contribution in [1.82, 2.24) is 4.90 Å². The molecule has 1 heterocycles. The Labute approximate surface area is 125 Å². The van der Waals surface area contributed by atoms with Crippen molar-refractivity contribution in [3.8, 4) is 0 Å². The van der Waals surface area contributed by atoms with Gasteiger partial charge in [-0.3, -0.25) is 9.59 Å². The lowest BCUT2D eigenvalue weighted by atomic mass is 10.1. The molecule has 5 heteroatoms. The Kier molecular flexibility index (Phi) is 4.83. The van der Waals surface area contributed by atoms with Crippen LogP contribution in [0.2, 0.25) is 0 Å². The Hall–Kier alpha value is -2.04. The summed E-state index contributed by atoms with van der Waals surface area (Å²) in [7, 11) is 1.65. The lowest BCUT2D eigenvalue weighted by molar-refractivity contribution is -0.137. The van der Waals surface area contributed by atoms with Gasteiger partial charge in [-0.05, 0) is 31.9 Å². The molecule has 114 valence electrons. The van der Waals surface area contributed by atoms with E-state index in [1.54, 1.807) is 7.05 Å². The molecule has 0 aromatic heterocycles. The molecule has 1 aliphatic heterocycles. The molecule has 1 saturated heterocycles. The van der Waals surface area contributed by atoms with Crippen LogP contribution in [0, 0.1) is 6.92 Å². The topological polar surface area (TPSA) is 60.9 Å². The molecular formula is C16H22N2O3. The first kappa shape index (κ1) is 15.4. The Balaban J connectivity index is 2.22. The van der Waals surface area contributed by atoms with Crippen LogP contribution in [0.25, 0.3) is 0 Å². The first-order valence-electron chi connectivity index (χ1n) is 7.32. The first-order chi connectivity index (χ1) is 9.99. The average molecular weight is 290 g/mol. The smallest absolute Gasteiger partial charge is 0.305 e. The van der Waals surface area contributed by atoms with Gasteiger partial charge < -0.3 is 14.9 Å². The van der Waals surface area contributed by atoms with Crippen molar-refractivity contribution in [1.29, 1.82) is 0 Å². The molecule has 0 atom stereocenters. The van der Waals surface area contributed by atoms with Crippen molar-refractivity contribution in [2.75, 3.05) is 31.6 Å². The standard InChI is InChI=1S/C16H22N2O3/c1-12-5-6-14(18-8-3-4-9-18)13(11-12)16(21)17(2)10-7-15(19)20/h5-6,11H,3-4,7-10H2,1-2H3,(H,19,20). The molecule has 2 rings (SSSR count). The Bertz CT molecular complexity index is 536. The second kappa shape index (κ2) is 6.61. The normalized spacial score (nSPS) is 14.3. The van der Waals surface area contributed by atoms with Crippen LogP contribution in [-0.4, -0.2) is 48.6 Å². The number of hydrogen-bond donors (Lipinski definition) is 1. The van der Waals surface area contributed by atoms with Gasteiger partial charge in [0.2, 0.25) is 0 Å². The van der Waals surface area contributed by atoms with E-state index in [1.165, 1.54) is 4.90 Å². The Morgan fingerprint density at radius 3 is 2.57 bits per heavy atom. The number of carboxylic acids is 1. The van der Waals surface area contributed by atoms with Crippen molar-refractivity contribution < 1.29 is 14.7 Å². The molecule has 1 aliphatic rings. The maximum absolute atomic E-state index is 12.6. The third kappa shape index (κ3) is 3.74. The molecule has 5 nitrogen and oxygen atoms in total. The number of anilines is 1. The fraction of sp³-hybridized carbons (Fsp3) is 0.500. The van der Waals surface area contributed by atoms with E-state index in [1.807, 2.05) is 25.1 Å². The number of nitrogens with zero attached hydrogens (tertiary/aromatic N) is 2. The molecule has 1 aromatic carbocycles. The second-order valence-corrected chi connectivity index (χ2v) is 5.59. The van der Waals surface area contributed by atoms with Gasteiger partial charge in [-0.1, -0.05) is 11.6 Å². The molecule has 0 spiro atoms. The van der Waals surface area contributed by atoms with Gasteiger partial charge in [0.15, 0.2) is 0 Å². The summed E-state index contributed by atoms with van der Waals surface area (Å²) in [6.07, 6.45) is 2.26. The number of carbonyl (C=O) groups is 2. The van der Waals surface area contributed by atoms with Crippen LogP contribution in [-0.2, 0) is 4.79 Å². The van der Waals surface area contributed by atoms with Crippen molar-refractivity contribution in [3.05, 3.63) is 29.3 Å². The van der Waals surface area contributed by atoms with Crippen molar-refractivity contribution in [3.63, 3.8) is 0 Å². The summed E-state index contributed by atoms with van der Waals surface area (Å²) in [5.74, 6) is -1.000. The Morgan fingerprint density at radius 1 is 1.29 bits per heavy atom. The van der Waals surface area contributed by atoms with Gasteiger partial charge in [0.25, 0.3) is 5.91 Å². The van der Waals surface area contributed by atoms with E-state index in [4.69, 9.17) is 5.11 Å². The maximum Gasteiger partial charge on any atom is 0.305 e. The fourth-order valence-corrected chi connectivity index (χ4v) is 2.63. The molecule has 0 unspecified atom stereocenters. The number of carbonyl (C=O) groups excluding carboxylic acids is 1. The minimum atomic E-state index is -0.890. The lowest BCUT2D eigenvalue weighted by Crippen LogP contribution is -2.31. The van der Waals surface area contributed by atoms with Gasteiger partial charge >= 0.3 is 5.97 Å². The average Bonchev–Trinajstić information content (AvgIpc) is 2.97. The predicted molar refractivity (Wildman–Crippen MR) is 81.8 cm³/mol. The fourth-order valence-electron chi connectivity index (χ4n) is 2.63. The predicted octanol–water partition coefficient (Wildman–Crippen LogP) is 2.14. The van der Waals surface area contributed by atoms with Gasteiger partial charge in [-0.25, -0.2) is 0 Å². The zero-order valence-corrected chi connectivity index (χ0v) is 12.6. The molecular weight excluding hydrogens is 268 g/mol. The van der Waals surface area contributed by atoms with Crippen LogP contribution in [0.5, 0.6) is 0 Å². The van der Waals surface area contributed by atoms with E-state index in [2.05, 4.69) is 4.90 Å². The quantitative estimate of drug-likeness (QED) is 0.902. The summed E-state index contributed by atoms with van der Waals surface area (Å²) in [5.41, 5.74) is 2.67. The summed E-state index contributed by atoms with van der Waals surface area (Å²) in [4.78, 5) is 27.0. The van der Waals surface area contributed by atoms with E-state index >= 15 is 0 Å². The molecule has 1 fully saturated rings. The number of rotatable bonds is 5. The van der Waals surface area contributed by atoms with E-state index in [0.717, 1.165) is 37.2 Å². The molecule has 0 radical (unpaired) electrons. The number of benzene rings is 1. The van der Waals surface area contributed by atoms with E-state index in [-0.39, 0.29) is 18.9 Å². The maximum atomic E-state index is 12.6. The van der Waals surface area contributed by atoms with Crippen LogP contribution in [0.15, 0.2) is 18.2 Å². The van der Waals surface area contributed by atoms with Crippen LogP contribution in [0.4, 0.5) is 5.69 Å². The zero-order chi connectivity index (χ0) is 15.4. The van der Waals surface area contributed by atoms with Gasteiger partial charge in [-0.2, -0.15) is 0 Å². The van der Waals surface area contributed by atoms with Crippen LogP contribution in [0.1, 0.15) is 35.2 Å². The molecule has 0 bridgehead atoms. The summed E-state index contributed by atoms with van der Waals surface area (Å²) in [6, 6.07) is 5.91. The summed E-state index contributed by atoms with van der Waals surface area (Å²) in [6.45, 7) is 4.13. The number of amides is 1. The first-order valence-corrected chi connectivity index (χ1v) is 7.32. The number of aliphatic carboxylic acids is 1. The largest absolute Gasteiger partial charge is 0.481 e. The second-order valence-electron chi connectivity index (χ2n) is 5.59. The molecule has 0 aliphatic carbocycles. The van der Waals surface area contributed by atoms with Gasteiger partial charge in [0.1, 0.15) is 0 Å². The third-order valence-electron chi connectivity index (χ3n) is 3.84. The number of aryl methyl sites for hydroxylation is 1. The van der Waals surface area contributed by atoms with Crippen molar-refractivity contribution in [2.24, 2.45) is 0 Å². The van der Waals surface area contributed by atoms with Crippen LogP contribution >= 0.6 is 0 Å². The molecule has 1 N–H and O–H groups in total. The highest BCUT2D eigenvalue weighted by Gasteiger charge is 2.22. The van der Waals surface area contributed by atoms with Crippen LogP contribution < -0.4 is 4.90 Å². The van der Waals surface area contributed by atoms with Crippen molar-refractivity contribution in [2.45, 2.75) is 26.2 Å². The minimum absolute atomic E-state index is 0.0346. The molecule has 1 amide bonds. The SMILES string of the molecule is Cc1ccc(N2CCCC2)c(C(=O)N(C)CCC(=O)O)c1. The van der Waals surface area contributed by atoms with E-state index < -0.39 is 5.97 Å². The monoisotopic (exact) mass is 290 g/mol. The van der Waals surface area contributed by atoms with E-state index in [9.17, 15) is 9.59 Å². The highest BCUT2D eigenvalue weighted by molar-refractivity contribution is 6.00. The zero-order valence-electron chi connectivity index (χ0n) is 12.6. The van der Waals surface area contributed by atoms with Gasteiger partial charge in [0.05, 0.1) is 12.0 Å². The number of hydrogen-bond acceptors (Lipinski definition) is 3. The third-order valence-corrected chi connectivity index (χ3v) is 3.84. The molecule has 1 aromatic rings. The summed E-state index contributed by atoms with van der Waals surface area (Å²) >= 11 is 0. The number of carboxylic acid groups (broad SMARTS) is 1. The highest BCUT2D eigenvalue weighted by atomic mass is 16.4. The lowest BCUT2D eigenvalue weighted by Gasteiger charge is -2.24. The molecule has 0 saturated carbocycles.